The first-order chi connectivity index (χ1) is 14.0. The number of piperidine rings is 2. The summed E-state index contributed by atoms with van der Waals surface area (Å²) in [6, 6.07) is 6.64. The van der Waals surface area contributed by atoms with E-state index in [1.807, 2.05) is 30.0 Å². The van der Waals surface area contributed by atoms with Crippen molar-refractivity contribution < 1.29 is 9.32 Å². The molecule has 5 rings (SSSR count). The summed E-state index contributed by atoms with van der Waals surface area (Å²) in [6.07, 6.45) is 7.76. The third-order valence-corrected chi connectivity index (χ3v) is 7.01. The molecule has 2 aromatic rings. The number of para-hydroxylation sites is 1. The number of anilines is 1. The SMILES string of the molecule is Cc1cccc(-c2nc(C3CC3)no2)c1N(C(N)=O)C1CC2CCCC(C1)N2C. The Morgan fingerprint density at radius 2 is 1.93 bits per heavy atom. The summed E-state index contributed by atoms with van der Waals surface area (Å²) in [5, 5.41) is 4.17. The third kappa shape index (κ3) is 3.31. The molecule has 7 heteroatoms. The molecule has 0 spiro atoms. The maximum Gasteiger partial charge on any atom is 0.319 e. The number of nitrogens with zero attached hydrogens (tertiary/aromatic N) is 4. The summed E-state index contributed by atoms with van der Waals surface area (Å²) >= 11 is 0. The van der Waals surface area contributed by atoms with Gasteiger partial charge in [-0.25, -0.2) is 4.79 Å². The smallest absolute Gasteiger partial charge is 0.319 e. The van der Waals surface area contributed by atoms with Crippen LogP contribution in [0.4, 0.5) is 10.5 Å². The van der Waals surface area contributed by atoms with Crippen molar-refractivity contribution in [1.82, 2.24) is 15.0 Å². The molecule has 2 atom stereocenters. The second kappa shape index (κ2) is 7.13. The summed E-state index contributed by atoms with van der Waals surface area (Å²) in [7, 11) is 2.22. The summed E-state index contributed by atoms with van der Waals surface area (Å²) < 4.78 is 5.61. The fourth-order valence-electron chi connectivity index (χ4n) is 5.27. The average Bonchev–Trinajstić information content (AvgIpc) is 3.41. The Hall–Kier alpha value is -2.41. The Morgan fingerprint density at radius 1 is 1.21 bits per heavy atom. The van der Waals surface area contributed by atoms with Gasteiger partial charge in [0, 0.05) is 24.0 Å². The van der Waals surface area contributed by atoms with Gasteiger partial charge in [0.25, 0.3) is 5.89 Å². The van der Waals surface area contributed by atoms with Crippen LogP contribution in [-0.2, 0) is 0 Å². The Morgan fingerprint density at radius 3 is 2.59 bits per heavy atom. The number of amides is 2. The van der Waals surface area contributed by atoms with E-state index < -0.39 is 6.03 Å². The van der Waals surface area contributed by atoms with Gasteiger partial charge in [-0.2, -0.15) is 4.98 Å². The molecular weight excluding hydrogens is 366 g/mol. The van der Waals surface area contributed by atoms with Crippen LogP contribution in [0.3, 0.4) is 0 Å². The number of aromatic nitrogens is 2. The molecule has 7 nitrogen and oxygen atoms in total. The van der Waals surface area contributed by atoms with Crippen molar-refractivity contribution in [1.29, 1.82) is 0 Å². The van der Waals surface area contributed by atoms with Crippen molar-refractivity contribution in [2.45, 2.75) is 75.9 Å². The zero-order valence-corrected chi connectivity index (χ0v) is 17.2. The van der Waals surface area contributed by atoms with Crippen molar-refractivity contribution in [3.8, 4) is 11.5 Å². The first kappa shape index (κ1) is 18.6. The number of fused-ring (bicyclic) bond motifs is 2. The minimum atomic E-state index is -0.407. The molecule has 0 radical (unpaired) electrons. The molecule has 1 aromatic carbocycles. The van der Waals surface area contributed by atoms with Crippen LogP contribution >= 0.6 is 0 Å². The van der Waals surface area contributed by atoms with Crippen LogP contribution in [0.25, 0.3) is 11.5 Å². The predicted molar refractivity (Wildman–Crippen MR) is 111 cm³/mol. The van der Waals surface area contributed by atoms with Gasteiger partial charge < -0.3 is 15.2 Å². The predicted octanol–water partition coefficient (Wildman–Crippen LogP) is 3.82. The molecule has 3 fully saturated rings. The van der Waals surface area contributed by atoms with Crippen LogP contribution in [0, 0.1) is 6.92 Å². The maximum atomic E-state index is 12.7. The van der Waals surface area contributed by atoms with Crippen LogP contribution in [0.2, 0.25) is 0 Å². The van der Waals surface area contributed by atoms with E-state index in [-0.39, 0.29) is 6.04 Å². The molecule has 3 aliphatic rings. The van der Waals surface area contributed by atoms with Crippen LogP contribution in [0.15, 0.2) is 22.7 Å². The van der Waals surface area contributed by atoms with Crippen molar-refractivity contribution >= 4 is 11.7 Å². The molecule has 1 aliphatic carbocycles. The average molecular weight is 396 g/mol. The van der Waals surface area contributed by atoms with Crippen molar-refractivity contribution in [2.75, 3.05) is 11.9 Å². The van der Waals surface area contributed by atoms with Gasteiger partial charge >= 0.3 is 6.03 Å². The molecule has 2 N–H and O–H groups in total. The zero-order valence-electron chi connectivity index (χ0n) is 17.2. The molecule has 154 valence electrons. The number of hydrogen-bond donors (Lipinski definition) is 1. The highest BCUT2D eigenvalue weighted by molar-refractivity contribution is 5.96. The van der Waals surface area contributed by atoms with Crippen molar-refractivity contribution in [2.24, 2.45) is 5.73 Å². The van der Waals surface area contributed by atoms with E-state index in [0.29, 0.717) is 23.9 Å². The Bertz CT molecular complexity index is 908. The lowest BCUT2D eigenvalue weighted by atomic mass is 9.81. The quantitative estimate of drug-likeness (QED) is 0.850. The summed E-state index contributed by atoms with van der Waals surface area (Å²) in [5.41, 5.74) is 8.58. The molecule has 2 bridgehead atoms. The molecule has 3 heterocycles. The lowest BCUT2D eigenvalue weighted by Gasteiger charge is -2.49. The maximum absolute atomic E-state index is 12.7. The number of carbonyl (C=O) groups excluding carboxylic acids is 1. The Labute approximate surface area is 171 Å². The molecular formula is C22H29N5O2. The molecule has 2 saturated heterocycles. The van der Waals surface area contributed by atoms with Crippen LogP contribution < -0.4 is 10.6 Å². The monoisotopic (exact) mass is 395 g/mol. The van der Waals surface area contributed by atoms with Gasteiger partial charge in [-0.1, -0.05) is 23.7 Å². The lowest BCUT2D eigenvalue weighted by Crippen LogP contribution is -2.57. The minimum absolute atomic E-state index is 0.0877. The highest BCUT2D eigenvalue weighted by Gasteiger charge is 2.41. The van der Waals surface area contributed by atoms with Crippen LogP contribution in [0.5, 0.6) is 0 Å². The molecule has 29 heavy (non-hydrogen) atoms. The summed E-state index contributed by atoms with van der Waals surface area (Å²) in [6.45, 7) is 2.02. The van der Waals surface area contributed by atoms with E-state index in [2.05, 4.69) is 22.1 Å². The van der Waals surface area contributed by atoms with Gasteiger partial charge in [0.2, 0.25) is 0 Å². The standard InChI is InChI=1S/C22H29N5O2/c1-13-5-3-8-18(21-24-20(25-29-21)14-9-10-14)19(13)27(22(23)28)17-11-15-6-4-7-16(12-17)26(15)2/h3,5,8,14-17H,4,6-7,9-12H2,1-2H3,(H2,23,28). The number of hydrogen-bond acceptors (Lipinski definition) is 5. The Balaban J connectivity index is 1.54. The number of aryl methyl sites for hydroxylation is 1. The van der Waals surface area contributed by atoms with E-state index >= 15 is 0 Å². The number of primary amides is 1. The fraction of sp³-hybridized carbons (Fsp3) is 0.591. The van der Waals surface area contributed by atoms with Gasteiger partial charge in [0.05, 0.1) is 11.3 Å². The first-order valence-electron chi connectivity index (χ1n) is 10.8. The first-order valence-corrected chi connectivity index (χ1v) is 10.8. The number of benzene rings is 1. The molecule has 1 saturated carbocycles. The van der Waals surface area contributed by atoms with Gasteiger partial charge in [-0.3, -0.25) is 4.90 Å². The van der Waals surface area contributed by atoms with E-state index in [1.54, 1.807) is 0 Å². The van der Waals surface area contributed by atoms with Crippen molar-refractivity contribution in [3.63, 3.8) is 0 Å². The summed E-state index contributed by atoms with van der Waals surface area (Å²) in [5.74, 6) is 1.66. The van der Waals surface area contributed by atoms with Gasteiger partial charge in [0.1, 0.15) is 0 Å². The largest absolute Gasteiger partial charge is 0.351 e. The second-order valence-electron chi connectivity index (χ2n) is 8.94. The van der Waals surface area contributed by atoms with E-state index in [1.165, 1.54) is 19.3 Å². The minimum Gasteiger partial charge on any atom is -0.351 e. The molecule has 2 unspecified atom stereocenters. The Kier molecular flexibility index (Phi) is 4.57. The topological polar surface area (TPSA) is 88.5 Å². The van der Waals surface area contributed by atoms with E-state index in [0.717, 1.165) is 48.3 Å². The van der Waals surface area contributed by atoms with Crippen LogP contribution in [0.1, 0.15) is 62.3 Å². The van der Waals surface area contributed by atoms with E-state index in [4.69, 9.17) is 10.3 Å². The van der Waals surface area contributed by atoms with Gasteiger partial charge in [-0.15, -0.1) is 0 Å². The highest BCUT2D eigenvalue weighted by Crippen LogP contribution is 2.42. The summed E-state index contributed by atoms with van der Waals surface area (Å²) in [4.78, 5) is 21.7. The lowest BCUT2D eigenvalue weighted by molar-refractivity contribution is 0.0564. The molecule has 2 aliphatic heterocycles. The number of nitrogens with two attached hydrogens (primary N) is 1. The number of rotatable bonds is 4. The van der Waals surface area contributed by atoms with Crippen LogP contribution in [-0.4, -0.2) is 46.2 Å². The second-order valence-corrected chi connectivity index (χ2v) is 8.94. The number of carbonyl (C=O) groups is 1. The zero-order chi connectivity index (χ0) is 20.1. The molecule has 1 aromatic heterocycles. The molecule has 2 amide bonds. The number of urea groups is 1. The normalized spacial score (nSPS) is 27.0. The fourth-order valence-corrected chi connectivity index (χ4v) is 5.27. The van der Waals surface area contributed by atoms with Gasteiger partial charge in [0.15, 0.2) is 5.82 Å². The van der Waals surface area contributed by atoms with Gasteiger partial charge in [-0.05, 0) is 64.1 Å². The third-order valence-electron chi connectivity index (χ3n) is 7.01. The van der Waals surface area contributed by atoms with E-state index in [9.17, 15) is 4.79 Å². The van der Waals surface area contributed by atoms with Crippen molar-refractivity contribution in [3.05, 3.63) is 29.6 Å². The highest BCUT2D eigenvalue weighted by atomic mass is 16.5.